The maximum atomic E-state index is 5.83. The van der Waals surface area contributed by atoms with Crippen LogP contribution in [0.25, 0.3) is 0 Å². The van der Waals surface area contributed by atoms with E-state index in [0.717, 1.165) is 18.2 Å². The topological polar surface area (TPSA) is 42.1 Å². The number of rotatable bonds is 5. The molecule has 3 heteroatoms. The molecule has 1 fully saturated rings. The third-order valence-corrected chi connectivity index (χ3v) is 3.91. The second kappa shape index (κ2) is 5.27. The van der Waals surface area contributed by atoms with Gasteiger partial charge in [0.05, 0.1) is 0 Å². The summed E-state index contributed by atoms with van der Waals surface area (Å²) in [6, 6.07) is 3.01. The van der Waals surface area contributed by atoms with Crippen LogP contribution in [0.1, 0.15) is 37.8 Å². The first kappa shape index (κ1) is 13.3. The third kappa shape index (κ3) is 3.02. The van der Waals surface area contributed by atoms with Crippen LogP contribution < -0.4 is 10.6 Å². The van der Waals surface area contributed by atoms with Crippen LogP contribution in [-0.4, -0.2) is 24.1 Å². The summed E-state index contributed by atoms with van der Waals surface area (Å²) in [6.45, 7) is 6.47. The fraction of sp³-hybridized carbons (Fsp3) is 0.667. The molecule has 2 atom stereocenters. The monoisotopic (exact) mass is 247 g/mol. The lowest BCUT2D eigenvalue weighted by Crippen LogP contribution is -2.32. The molecule has 1 heterocycles. The highest BCUT2D eigenvalue weighted by atomic mass is 15.2. The predicted octanol–water partition coefficient (Wildman–Crippen LogP) is 2.51. The van der Waals surface area contributed by atoms with Crippen molar-refractivity contribution < 1.29 is 0 Å². The van der Waals surface area contributed by atoms with Gasteiger partial charge in [-0.3, -0.25) is 0 Å². The lowest BCUT2D eigenvalue weighted by atomic mass is 10.1. The van der Waals surface area contributed by atoms with Gasteiger partial charge >= 0.3 is 0 Å². The first-order valence-corrected chi connectivity index (χ1v) is 6.93. The molecule has 100 valence electrons. The predicted molar refractivity (Wildman–Crippen MR) is 76.9 cm³/mol. The van der Waals surface area contributed by atoms with Crippen LogP contribution in [0.5, 0.6) is 0 Å². The Kier molecular flexibility index (Phi) is 3.91. The van der Waals surface area contributed by atoms with Gasteiger partial charge in [0.25, 0.3) is 0 Å². The number of hydrogen-bond acceptors (Lipinski definition) is 3. The summed E-state index contributed by atoms with van der Waals surface area (Å²) in [5.74, 6) is 1.97. The maximum absolute atomic E-state index is 5.83. The van der Waals surface area contributed by atoms with Crippen molar-refractivity contribution in [3.63, 3.8) is 0 Å². The molecule has 2 N–H and O–H groups in total. The largest absolute Gasteiger partial charge is 0.356 e. The molecule has 2 unspecified atom stereocenters. The molecule has 0 radical (unpaired) electrons. The maximum Gasteiger partial charge on any atom is 0.131 e. The number of aryl methyl sites for hydroxylation is 1. The summed E-state index contributed by atoms with van der Waals surface area (Å²) in [5.41, 5.74) is 8.32. The van der Waals surface area contributed by atoms with Gasteiger partial charge in [0, 0.05) is 25.3 Å². The summed E-state index contributed by atoms with van der Waals surface area (Å²) >= 11 is 0. The van der Waals surface area contributed by atoms with Crippen LogP contribution in [0, 0.1) is 12.8 Å². The Balaban J connectivity index is 2.13. The van der Waals surface area contributed by atoms with E-state index in [1.807, 2.05) is 13.1 Å². The van der Waals surface area contributed by atoms with Crippen molar-refractivity contribution in [2.45, 2.75) is 52.1 Å². The molecule has 18 heavy (non-hydrogen) atoms. The van der Waals surface area contributed by atoms with E-state index in [-0.39, 0.29) is 6.04 Å². The van der Waals surface area contributed by atoms with Crippen LogP contribution in [0.15, 0.2) is 12.3 Å². The standard InChI is InChI=1S/C15H25N3/c1-10-7-13(8-11(2)16)9-17-15(10)18(4)12(3)14-5-6-14/h7,9,11-12,14H,5-6,8,16H2,1-4H3. The molecule has 2 rings (SSSR count). The molecule has 3 nitrogen and oxygen atoms in total. The third-order valence-electron chi connectivity index (χ3n) is 3.91. The molecule has 1 saturated carbocycles. The van der Waals surface area contributed by atoms with E-state index in [1.165, 1.54) is 24.0 Å². The number of pyridine rings is 1. The van der Waals surface area contributed by atoms with Gasteiger partial charge in [-0.2, -0.15) is 0 Å². The van der Waals surface area contributed by atoms with Crippen molar-refractivity contribution in [2.24, 2.45) is 11.7 Å². The van der Waals surface area contributed by atoms with Gasteiger partial charge in [0.15, 0.2) is 0 Å². The van der Waals surface area contributed by atoms with Gasteiger partial charge in [-0.25, -0.2) is 4.98 Å². The fourth-order valence-corrected chi connectivity index (χ4v) is 2.57. The van der Waals surface area contributed by atoms with Crippen molar-refractivity contribution in [1.82, 2.24) is 4.98 Å². The second-order valence-corrected chi connectivity index (χ2v) is 5.85. The molecular weight excluding hydrogens is 222 g/mol. The summed E-state index contributed by atoms with van der Waals surface area (Å²) < 4.78 is 0. The normalized spacial score (nSPS) is 18.5. The van der Waals surface area contributed by atoms with Crippen molar-refractivity contribution in [2.75, 3.05) is 11.9 Å². The molecular formula is C15H25N3. The van der Waals surface area contributed by atoms with E-state index in [9.17, 15) is 0 Å². The number of nitrogens with two attached hydrogens (primary N) is 1. The van der Waals surface area contributed by atoms with E-state index in [2.05, 4.69) is 36.8 Å². The smallest absolute Gasteiger partial charge is 0.131 e. The number of aromatic nitrogens is 1. The van der Waals surface area contributed by atoms with E-state index in [0.29, 0.717) is 6.04 Å². The van der Waals surface area contributed by atoms with Crippen LogP contribution in [-0.2, 0) is 6.42 Å². The molecule has 0 bridgehead atoms. The van der Waals surface area contributed by atoms with Gasteiger partial charge in [0.2, 0.25) is 0 Å². The molecule has 0 aliphatic heterocycles. The average molecular weight is 247 g/mol. The molecule has 0 saturated heterocycles. The Morgan fingerprint density at radius 3 is 2.61 bits per heavy atom. The first-order chi connectivity index (χ1) is 8.49. The van der Waals surface area contributed by atoms with Crippen molar-refractivity contribution >= 4 is 5.82 Å². The Morgan fingerprint density at radius 1 is 1.44 bits per heavy atom. The fourth-order valence-electron chi connectivity index (χ4n) is 2.57. The Bertz CT molecular complexity index is 410. The highest BCUT2D eigenvalue weighted by Gasteiger charge is 2.31. The van der Waals surface area contributed by atoms with Crippen molar-refractivity contribution in [3.8, 4) is 0 Å². The highest BCUT2D eigenvalue weighted by molar-refractivity contribution is 5.47. The van der Waals surface area contributed by atoms with Crippen molar-refractivity contribution in [3.05, 3.63) is 23.4 Å². The van der Waals surface area contributed by atoms with Crippen LogP contribution in [0.3, 0.4) is 0 Å². The molecule has 1 aliphatic carbocycles. The van der Waals surface area contributed by atoms with Gasteiger partial charge in [-0.05, 0) is 57.1 Å². The minimum atomic E-state index is 0.195. The Hall–Kier alpha value is -1.09. The quantitative estimate of drug-likeness (QED) is 0.869. The lowest BCUT2D eigenvalue weighted by Gasteiger charge is -2.27. The van der Waals surface area contributed by atoms with Gasteiger partial charge < -0.3 is 10.6 Å². The average Bonchev–Trinajstić information content (AvgIpc) is 3.10. The Morgan fingerprint density at radius 2 is 2.11 bits per heavy atom. The second-order valence-electron chi connectivity index (χ2n) is 5.85. The first-order valence-electron chi connectivity index (χ1n) is 6.93. The lowest BCUT2D eigenvalue weighted by molar-refractivity contribution is 0.602. The zero-order valence-electron chi connectivity index (χ0n) is 12.0. The minimum absolute atomic E-state index is 0.195. The number of hydrogen-bond donors (Lipinski definition) is 1. The molecule has 1 aromatic rings. The molecule has 1 aromatic heterocycles. The molecule has 1 aliphatic rings. The zero-order chi connectivity index (χ0) is 13.3. The zero-order valence-corrected chi connectivity index (χ0v) is 12.0. The van der Waals surface area contributed by atoms with Gasteiger partial charge in [-0.15, -0.1) is 0 Å². The van der Waals surface area contributed by atoms with E-state index in [4.69, 9.17) is 5.73 Å². The minimum Gasteiger partial charge on any atom is -0.356 e. The molecule has 0 aromatic carbocycles. The van der Waals surface area contributed by atoms with Gasteiger partial charge in [0.1, 0.15) is 5.82 Å². The van der Waals surface area contributed by atoms with E-state index in [1.54, 1.807) is 0 Å². The highest BCUT2D eigenvalue weighted by Crippen LogP contribution is 2.36. The summed E-state index contributed by atoms with van der Waals surface area (Å²) in [6.07, 6.45) is 5.61. The summed E-state index contributed by atoms with van der Waals surface area (Å²) in [7, 11) is 2.16. The summed E-state index contributed by atoms with van der Waals surface area (Å²) in [4.78, 5) is 6.95. The van der Waals surface area contributed by atoms with Gasteiger partial charge in [-0.1, -0.05) is 6.07 Å². The number of nitrogens with zero attached hydrogens (tertiary/aromatic N) is 2. The van der Waals surface area contributed by atoms with Crippen LogP contribution in [0.2, 0.25) is 0 Å². The SMILES string of the molecule is Cc1cc(CC(C)N)cnc1N(C)C(C)C1CC1. The summed E-state index contributed by atoms with van der Waals surface area (Å²) in [5, 5.41) is 0. The Labute approximate surface area is 110 Å². The molecule has 0 spiro atoms. The number of anilines is 1. The van der Waals surface area contributed by atoms with Crippen molar-refractivity contribution in [1.29, 1.82) is 0 Å². The van der Waals surface area contributed by atoms with E-state index < -0.39 is 0 Å². The van der Waals surface area contributed by atoms with Crippen LogP contribution >= 0.6 is 0 Å². The van der Waals surface area contributed by atoms with Crippen LogP contribution in [0.4, 0.5) is 5.82 Å². The van der Waals surface area contributed by atoms with E-state index >= 15 is 0 Å². The molecule has 0 amide bonds.